The van der Waals surface area contributed by atoms with Gasteiger partial charge in [-0.1, -0.05) is 11.8 Å². The smallest absolute Gasteiger partial charge is 0.297 e. The molecule has 8 nitrogen and oxygen atoms in total. The second kappa shape index (κ2) is 9.14. The van der Waals surface area contributed by atoms with Gasteiger partial charge in [-0.25, -0.2) is 0 Å². The lowest BCUT2D eigenvalue weighted by atomic mass is 10.3. The number of ether oxygens (including phenoxy) is 2. The summed E-state index contributed by atoms with van der Waals surface area (Å²) in [6.07, 6.45) is 0.226. The van der Waals surface area contributed by atoms with E-state index in [1.54, 1.807) is 62.8 Å². The van der Waals surface area contributed by atoms with Gasteiger partial charge in [-0.3, -0.25) is 4.79 Å². The van der Waals surface area contributed by atoms with Gasteiger partial charge in [-0.2, -0.15) is 0 Å². The molecule has 146 valence electrons. The average molecular weight is 401 g/mol. The van der Waals surface area contributed by atoms with Crippen molar-refractivity contribution in [3.63, 3.8) is 0 Å². The Morgan fingerprint density at radius 1 is 1.11 bits per heavy atom. The highest BCUT2D eigenvalue weighted by Crippen LogP contribution is 2.24. The highest BCUT2D eigenvalue weighted by atomic mass is 32.2. The summed E-state index contributed by atoms with van der Waals surface area (Å²) in [5, 5.41) is 18.8. The van der Waals surface area contributed by atoms with E-state index in [1.165, 1.54) is 16.4 Å². The van der Waals surface area contributed by atoms with Crippen LogP contribution in [0.3, 0.4) is 0 Å². The molecule has 1 amide bonds. The van der Waals surface area contributed by atoms with Gasteiger partial charge in [-0.05, 0) is 41.1 Å². The second-order valence-corrected chi connectivity index (χ2v) is 6.73. The number of carbonyl (C=O) groups excluding carboxylic acids is 1. The molecule has 3 rings (SSSR count). The number of nitrogens with zero attached hydrogens (tertiary/aromatic N) is 2. The molecule has 0 aliphatic carbocycles. The van der Waals surface area contributed by atoms with Gasteiger partial charge in [-0.15, -0.1) is 0 Å². The monoisotopic (exact) mass is 401 g/mol. The molecule has 0 fully saturated rings. The van der Waals surface area contributed by atoms with Crippen LogP contribution >= 0.6 is 11.8 Å². The SMILES string of the molecule is COc1ccc(NC(=O)CCSc2c([O-])on[n+]2-c2ccc(OC)cc2)cc1. The fourth-order valence-electron chi connectivity index (χ4n) is 2.39. The molecule has 28 heavy (non-hydrogen) atoms. The number of aromatic nitrogens is 2. The quantitative estimate of drug-likeness (QED) is 0.456. The summed E-state index contributed by atoms with van der Waals surface area (Å²) in [4.78, 5) is 12.1. The minimum Gasteiger partial charge on any atom is -0.538 e. The summed E-state index contributed by atoms with van der Waals surface area (Å²) in [6.45, 7) is 0. The molecule has 0 atom stereocenters. The molecule has 9 heteroatoms. The van der Waals surface area contributed by atoms with Crippen LogP contribution < -0.4 is 24.6 Å². The zero-order valence-electron chi connectivity index (χ0n) is 15.4. The number of rotatable bonds is 8. The molecular weight excluding hydrogens is 382 g/mol. The van der Waals surface area contributed by atoms with E-state index in [0.29, 0.717) is 33.7 Å². The van der Waals surface area contributed by atoms with Gasteiger partial charge in [0.05, 0.1) is 19.5 Å². The van der Waals surface area contributed by atoms with Crippen molar-refractivity contribution < 1.29 is 28.6 Å². The Morgan fingerprint density at radius 2 is 1.71 bits per heavy atom. The van der Waals surface area contributed by atoms with Gasteiger partial charge in [0.1, 0.15) is 11.5 Å². The highest BCUT2D eigenvalue weighted by molar-refractivity contribution is 7.99. The van der Waals surface area contributed by atoms with Gasteiger partial charge in [0.15, 0.2) is 5.95 Å². The van der Waals surface area contributed by atoms with Crippen molar-refractivity contribution in [2.45, 2.75) is 11.4 Å². The lowest BCUT2D eigenvalue weighted by Crippen LogP contribution is -2.34. The number of hydrogen-bond donors (Lipinski definition) is 1. The number of thioether (sulfide) groups is 1. The van der Waals surface area contributed by atoms with E-state index in [0.717, 1.165) is 0 Å². The minimum absolute atomic E-state index is 0.155. The molecule has 0 aliphatic heterocycles. The Kier molecular flexibility index (Phi) is 6.38. The van der Waals surface area contributed by atoms with Crippen LogP contribution in [0, 0.1) is 0 Å². The highest BCUT2D eigenvalue weighted by Gasteiger charge is 2.21. The molecule has 2 aromatic carbocycles. The number of methoxy groups -OCH3 is 2. The molecule has 3 aromatic rings. The summed E-state index contributed by atoms with van der Waals surface area (Å²) in [6, 6.07) is 14.1. The van der Waals surface area contributed by atoms with Crippen LogP contribution in [0.5, 0.6) is 17.4 Å². The van der Waals surface area contributed by atoms with Gasteiger partial charge in [0.2, 0.25) is 11.6 Å². The minimum atomic E-state index is -0.545. The number of carbonyl (C=O) groups is 1. The van der Waals surface area contributed by atoms with Crippen LogP contribution in [-0.2, 0) is 4.79 Å². The van der Waals surface area contributed by atoms with Crippen molar-refractivity contribution in [3.8, 4) is 23.1 Å². The molecule has 0 bridgehead atoms. The average Bonchev–Trinajstić information content (AvgIpc) is 3.09. The van der Waals surface area contributed by atoms with Crippen LogP contribution in [0.2, 0.25) is 0 Å². The summed E-state index contributed by atoms with van der Waals surface area (Å²) in [7, 11) is 3.16. The van der Waals surface area contributed by atoms with Crippen molar-refractivity contribution in [1.29, 1.82) is 0 Å². The van der Waals surface area contributed by atoms with Crippen molar-refractivity contribution in [2.24, 2.45) is 0 Å². The van der Waals surface area contributed by atoms with E-state index in [-0.39, 0.29) is 12.3 Å². The number of nitrogens with one attached hydrogen (secondary N) is 1. The predicted molar refractivity (Wildman–Crippen MR) is 101 cm³/mol. The molecular formula is C19H19N3O5S. The van der Waals surface area contributed by atoms with Crippen LogP contribution in [0.1, 0.15) is 6.42 Å². The number of anilines is 1. The largest absolute Gasteiger partial charge is 0.538 e. The van der Waals surface area contributed by atoms with Crippen LogP contribution in [0.15, 0.2) is 58.1 Å². The third-order valence-corrected chi connectivity index (χ3v) is 4.85. The van der Waals surface area contributed by atoms with Gasteiger partial charge < -0.3 is 24.4 Å². The Balaban J connectivity index is 1.58. The molecule has 1 heterocycles. The van der Waals surface area contributed by atoms with Crippen molar-refractivity contribution in [1.82, 2.24) is 5.27 Å². The maximum absolute atomic E-state index is 12.1. The first-order valence-corrected chi connectivity index (χ1v) is 9.39. The molecule has 0 spiro atoms. The summed E-state index contributed by atoms with van der Waals surface area (Å²) in [5.41, 5.74) is 1.34. The fraction of sp³-hybridized carbons (Fsp3) is 0.211. The molecule has 0 radical (unpaired) electrons. The molecule has 0 saturated heterocycles. The van der Waals surface area contributed by atoms with Crippen molar-refractivity contribution >= 4 is 23.4 Å². The maximum Gasteiger partial charge on any atom is 0.297 e. The molecule has 0 aliphatic rings. The van der Waals surface area contributed by atoms with Crippen LogP contribution in [-0.4, -0.2) is 31.2 Å². The Morgan fingerprint density at radius 3 is 2.32 bits per heavy atom. The molecule has 1 aromatic heterocycles. The molecule has 0 saturated carbocycles. The van der Waals surface area contributed by atoms with E-state index in [2.05, 4.69) is 10.6 Å². The first-order chi connectivity index (χ1) is 13.6. The van der Waals surface area contributed by atoms with Gasteiger partial charge >= 0.3 is 0 Å². The van der Waals surface area contributed by atoms with E-state index >= 15 is 0 Å². The number of amides is 1. The first kappa shape index (κ1) is 19.6. The first-order valence-electron chi connectivity index (χ1n) is 8.41. The third-order valence-electron chi connectivity index (χ3n) is 3.83. The van der Waals surface area contributed by atoms with Crippen molar-refractivity contribution in [2.75, 3.05) is 25.3 Å². The van der Waals surface area contributed by atoms with Crippen LogP contribution in [0.4, 0.5) is 5.69 Å². The Bertz CT molecular complexity index is 926. The predicted octanol–water partition coefficient (Wildman–Crippen LogP) is 2.16. The lowest BCUT2D eigenvalue weighted by molar-refractivity contribution is -0.705. The zero-order chi connectivity index (χ0) is 19.9. The number of benzene rings is 2. The van der Waals surface area contributed by atoms with Gasteiger partial charge in [0, 0.05) is 30.0 Å². The summed E-state index contributed by atoms with van der Waals surface area (Å²) < 4.78 is 16.4. The Labute approximate surface area is 166 Å². The van der Waals surface area contributed by atoms with E-state index in [4.69, 9.17) is 14.0 Å². The normalized spacial score (nSPS) is 10.5. The molecule has 0 unspecified atom stereocenters. The fourth-order valence-corrected chi connectivity index (χ4v) is 3.28. The van der Waals surface area contributed by atoms with E-state index in [9.17, 15) is 9.90 Å². The van der Waals surface area contributed by atoms with Gasteiger partial charge in [0.25, 0.3) is 5.03 Å². The number of hydrogen-bond acceptors (Lipinski definition) is 7. The van der Waals surface area contributed by atoms with E-state index in [1.807, 2.05) is 0 Å². The summed E-state index contributed by atoms with van der Waals surface area (Å²) >= 11 is 1.21. The maximum atomic E-state index is 12.1. The lowest BCUT2D eigenvalue weighted by Gasteiger charge is -2.06. The standard InChI is InChI=1S/C19H19N3O5S/c1-25-15-7-3-13(4-8-15)20-17(23)11-12-28-18-19(24)27-21-22(18)14-5-9-16(26-2)10-6-14/h3-10H,11-12H2,1-2H3,(H-,20,21,23,24). The second-order valence-electron chi connectivity index (χ2n) is 5.65. The molecule has 1 N–H and O–H groups in total. The summed E-state index contributed by atoms with van der Waals surface area (Å²) in [5.74, 6) is 1.11. The topological polar surface area (TPSA) is 101 Å². The third kappa shape index (κ3) is 4.74. The van der Waals surface area contributed by atoms with Crippen LogP contribution in [0.25, 0.3) is 5.69 Å². The van der Waals surface area contributed by atoms with Crippen molar-refractivity contribution in [3.05, 3.63) is 48.5 Å². The zero-order valence-corrected chi connectivity index (χ0v) is 16.2. The van der Waals surface area contributed by atoms with E-state index < -0.39 is 5.95 Å². The Hall–Kier alpha value is -3.20.